The summed E-state index contributed by atoms with van der Waals surface area (Å²) in [5, 5.41) is 3.94. The van der Waals surface area contributed by atoms with Crippen LogP contribution < -0.4 is 10.1 Å². The molecule has 0 unspecified atom stereocenters. The number of hydrogen-bond acceptors (Lipinski definition) is 4. The molecule has 156 valence electrons. The number of para-hydroxylation sites is 1. The third kappa shape index (κ3) is 4.36. The van der Waals surface area contributed by atoms with Crippen LogP contribution in [0, 0.1) is 5.92 Å². The molecule has 1 fully saturated rings. The number of halogens is 1. The predicted molar refractivity (Wildman–Crippen MR) is 118 cm³/mol. The SMILES string of the molecule is COc1ccc(Br)c(C(=O)NCC2CCN(C(=O)c3cc4ccccc4o3)CC2)c1. The normalized spacial score (nSPS) is 14.7. The number of piperidine rings is 1. The maximum atomic E-state index is 12.8. The van der Waals surface area contributed by atoms with Crippen molar-refractivity contribution in [3.63, 3.8) is 0 Å². The zero-order valence-corrected chi connectivity index (χ0v) is 18.3. The second-order valence-electron chi connectivity index (χ2n) is 7.44. The first kappa shape index (κ1) is 20.5. The van der Waals surface area contributed by atoms with Crippen molar-refractivity contribution >= 4 is 38.7 Å². The van der Waals surface area contributed by atoms with Crippen molar-refractivity contribution in [3.8, 4) is 5.75 Å². The van der Waals surface area contributed by atoms with Crippen LogP contribution in [-0.2, 0) is 0 Å². The second kappa shape index (κ2) is 8.92. The van der Waals surface area contributed by atoms with Crippen LogP contribution in [0.15, 0.2) is 57.4 Å². The summed E-state index contributed by atoms with van der Waals surface area (Å²) in [6.45, 7) is 1.88. The number of amides is 2. The summed E-state index contributed by atoms with van der Waals surface area (Å²) in [4.78, 5) is 27.1. The monoisotopic (exact) mass is 470 g/mol. The molecule has 1 aliphatic heterocycles. The van der Waals surface area contributed by atoms with E-state index in [2.05, 4.69) is 21.2 Å². The average Bonchev–Trinajstić information content (AvgIpc) is 3.22. The molecule has 0 atom stereocenters. The summed E-state index contributed by atoms with van der Waals surface area (Å²) >= 11 is 3.42. The minimum atomic E-state index is -0.137. The Morgan fingerprint density at radius 3 is 2.67 bits per heavy atom. The van der Waals surface area contributed by atoms with Gasteiger partial charge < -0.3 is 19.4 Å². The van der Waals surface area contributed by atoms with Gasteiger partial charge in [-0.15, -0.1) is 0 Å². The lowest BCUT2D eigenvalue weighted by Gasteiger charge is -2.31. The van der Waals surface area contributed by atoms with Gasteiger partial charge in [-0.3, -0.25) is 9.59 Å². The molecule has 0 radical (unpaired) electrons. The fourth-order valence-corrected chi connectivity index (χ4v) is 4.15. The Morgan fingerprint density at radius 2 is 1.93 bits per heavy atom. The van der Waals surface area contributed by atoms with Gasteiger partial charge in [0.05, 0.1) is 12.7 Å². The number of furan rings is 1. The molecule has 4 rings (SSSR count). The quantitative estimate of drug-likeness (QED) is 0.596. The zero-order chi connectivity index (χ0) is 21.1. The largest absolute Gasteiger partial charge is 0.497 e. The number of nitrogens with one attached hydrogen (secondary N) is 1. The van der Waals surface area contributed by atoms with Crippen LogP contribution in [0.5, 0.6) is 5.75 Å². The summed E-state index contributed by atoms with van der Waals surface area (Å²) < 4.78 is 11.6. The van der Waals surface area contributed by atoms with Crippen molar-refractivity contribution in [2.24, 2.45) is 5.92 Å². The van der Waals surface area contributed by atoms with E-state index in [0.29, 0.717) is 42.6 Å². The number of carbonyl (C=O) groups is 2. The fourth-order valence-electron chi connectivity index (χ4n) is 3.72. The molecular formula is C23H23BrN2O4. The number of hydrogen-bond donors (Lipinski definition) is 1. The first-order valence-electron chi connectivity index (χ1n) is 9.94. The number of methoxy groups -OCH3 is 1. The summed E-state index contributed by atoms with van der Waals surface area (Å²) in [5.74, 6) is 1.14. The van der Waals surface area contributed by atoms with Crippen LogP contribution in [0.1, 0.15) is 33.8 Å². The first-order chi connectivity index (χ1) is 14.5. The van der Waals surface area contributed by atoms with Crippen LogP contribution in [0.2, 0.25) is 0 Å². The highest BCUT2D eigenvalue weighted by molar-refractivity contribution is 9.10. The molecule has 1 saturated heterocycles. The van der Waals surface area contributed by atoms with Crippen molar-refractivity contribution in [2.45, 2.75) is 12.8 Å². The van der Waals surface area contributed by atoms with Gasteiger partial charge in [-0.05, 0) is 65.0 Å². The van der Waals surface area contributed by atoms with Gasteiger partial charge in [0, 0.05) is 29.5 Å². The van der Waals surface area contributed by atoms with E-state index in [4.69, 9.17) is 9.15 Å². The number of rotatable bonds is 5. The van der Waals surface area contributed by atoms with Gasteiger partial charge in [-0.25, -0.2) is 0 Å². The molecule has 0 aliphatic carbocycles. The van der Waals surface area contributed by atoms with E-state index in [-0.39, 0.29) is 11.8 Å². The Bertz CT molecular complexity index is 1040. The van der Waals surface area contributed by atoms with Crippen LogP contribution in [-0.4, -0.2) is 43.5 Å². The third-order valence-corrected chi connectivity index (χ3v) is 6.20. The molecule has 0 bridgehead atoms. The Morgan fingerprint density at radius 1 is 1.17 bits per heavy atom. The molecule has 2 aromatic carbocycles. The van der Waals surface area contributed by atoms with Crippen LogP contribution >= 0.6 is 15.9 Å². The standard InChI is InChI=1S/C23H23BrN2O4/c1-29-17-6-7-19(24)18(13-17)22(27)25-14-15-8-10-26(11-9-15)23(28)21-12-16-4-2-3-5-20(16)30-21/h2-7,12-13,15H,8-11,14H2,1H3,(H,25,27). The smallest absolute Gasteiger partial charge is 0.289 e. The third-order valence-electron chi connectivity index (χ3n) is 5.51. The zero-order valence-electron chi connectivity index (χ0n) is 16.7. The Balaban J connectivity index is 1.30. The van der Waals surface area contributed by atoms with E-state index in [1.807, 2.05) is 29.2 Å². The highest BCUT2D eigenvalue weighted by atomic mass is 79.9. The van der Waals surface area contributed by atoms with E-state index in [1.165, 1.54) is 0 Å². The van der Waals surface area contributed by atoms with E-state index >= 15 is 0 Å². The van der Waals surface area contributed by atoms with Gasteiger partial charge in [-0.2, -0.15) is 0 Å². The van der Waals surface area contributed by atoms with Gasteiger partial charge in [0.25, 0.3) is 11.8 Å². The lowest BCUT2D eigenvalue weighted by molar-refractivity contribution is 0.0655. The molecule has 2 heterocycles. The van der Waals surface area contributed by atoms with Crippen molar-refractivity contribution < 1.29 is 18.7 Å². The number of nitrogens with zero attached hydrogens (tertiary/aromatic N) is 1. The van der Waals surface area contributed by atoms with E-state index in [0.717, 1.165) is 28.3 Å². The maximum absolute atomic E-state index is 12.8. The van der Waals surface area contributed by atoms with Gasteiger partial charge in [-0.1, -0.05) is 18.2 Å². The highest BCUT2D eigenvalue weighted by Gasteiger charge is 2.26. The summed E-state index contributed by atoms with van der Waals surface area (Å²) in [7, 11) is 1.57. The average molecular weight is 471 g/mol. The molecule has 0 saturated carbocycles. The van der Waals surface area contributed by atoms with E-state index in [1.54, 1.807) is 31.4 Å². The summed E-state index contributed by atoms with van der Waals surface area (Å²) in [5.41, 5.74) is 1.27. The molecule has 0 spiro atoms. The van der Waals surface area contributed by atoms with Crippen LogP contribution in [0.4, 0.5) is 0 Å². The van der Waals surface area contributed by atoms with Gasteiger partial charge >= 0.3 is 0 Å². The molecular weight excluding hydrogens is 448 g/mol. The molecule has 6 nitrogen and oxygen atoms in total. The Kier molecular flexibility index (Phi) is 6.08. The lowest BCUT2D eigenvalue weighted by Crippen LogP contribution is -2.41. The second-order valence-corrected chi connectivity index (χ2v) is 8.29. The van der Waals surface area contributed by atoms with Crippen molar-refractivity contribution in [3.05, 3.63) is 64.3 Å². The van der Waals surface area contributed by atoms with Crippen molar-refractivity contribution in [2.75, 3.05) is 26.7 Å². The fraction of sp³-hybridized carbons (Fsp3) is 0.304. The first-order valence-corrected chi connectivity index (χ1v) is 10.7. The van der Waals surface area contributed by atoms with Gasteiger partial charge in [0.15, 0.2) is 5.76 Å². The number of benzene rings is 2. The van der Waals surface area contributed by atoms with Crippen LogP contribution in [0.3, 0.4) is 0 Å². The van der Waals surface area contributed by atoms with Gasteiger partial charge in [0.1, 0.15) is 11.3 Å². The topological polar surface area (TPSA) is 71.8 Å². The molecule has 1 N–H and O–H groups in total. The van der Waals surface area contributed by atoms with Crippen molar-refractivity contribution in [1.29, 1.82) is 0 Å². The summed E-state index contributed by atoms with van der Waals surface area (Å²) in [6.07, 6.45) is 1.68. The van der Waals surface area contributed by atoms with E-state index in [9.17, 15) is 9.59 Å². The Hall–Kier alpha value is -2.80. The number of ether oxygens (including phenoxy) is 1. The van der Waals surface area contributed by atoms with E-state index < -0.39 is 0 Å². The number of fused-ring (bicyclic) bond motifs is 1. The lowest BCUT2D eigenvalue weighted by atomic mass is 9.96. The Labute approximate surface area is 183 Å². The minimum absolute atomic E-state index is 0.0750. The van der Waals surface area contributed by atoms with Crippen molar-refractivity contribution in [1.82, 2.24) is 10.2 Å². The molecule has 3 aromatic rings. The van der Waals surface area contributed by atoms with Crippen LogP contribution in [0.25, 0.3) is 11.0 Å². The number of likely N-dealkylation sites (tertiary alicyclic amines) is 1. The molecule has 1 aromatic heterocycles. The summed E-state index contributed by atoms with van der Waals surface area (Å²) in [6, 6.07) is 14.7. The molecule has 7 heteroatoms. The predicted octanol–water partition coefficient (Wildman–Crippen LogP) is 4.49. The van der Waals surface area contributed by atoms with Gasteiger partial charge in [0.2, 0.25) is 0 Å². The molecule has 1 aliphatic rings. The molecule has 30 heavy (non-hydrogen) atoms. The molecule has 2 amide bonds. The maximum Gasteiger partial charge on any atom is 0.289 e. The minimum Gasteiger partial charge on any atom is -0.497 e. The highest BCUT2D eigenvalue weighted by Crippen LogP contribution is 2.24. The number of carbonyl (C=O) groups excluding carboxylic acids is 2.